The molecular weight excluding hydrogens is 356 g/mol. The molecule has 1 aliphatic rings. The molecule has 0 radical (unpaired) electrons. The summed E-state index contributed by atoms with van der Waals surface area (Å²) in [4.78, 5) is 27.4. The number of ketones is 1. The normalized spacial score (nSPS) is 15.0. The highest BCUT2D eigenvalue weighted by Gasteiger charge is 2.28. The number of Topliss-reactive ketones (excluding diaryl/α,β-unsaturated/α-hetero) is 1. The van der Waals surface area contributed by atoms with Crippen LogP contribution in [0.25, 0.3) is 11.0 Å². The first-order chi connectivity index (χ1) is 13.6. The van der Waals surface area contributed by atoms with Crippen LogP contribution in [0.3, 0.4) is 0 Å². The zero-order valence-electron chi connectivity index (χ0n) is 16.0. The molecule has 2 aromatic carbocycles. The smallest absolute Gasteiger partial charge is 0.253 e. The first-order valence-corrected chi connectivity index (χ1v) is 9.34. The zero-order valence-corrected chi connectivity index (χ0v) is 16.0. The minimum absolute atomic E-state index is 0.0153. The van der Waals surface area contributed by atoms with E-state index < -0.39 is 0 Å². The third-order valence-electron chi connectivity index (χ3n) is 5.39. The number of benzene rings is 2. The minimum atomic E-state index is -0.0544. The largest absolute Gasteiger partial charge is 0.497 e. The number of fused-ring (bicyclic) bond motifs is 1. The maximum absolute atomic E-state index is 12.9. The number of aromatic nitrogens is 3. The van der Waals surface area contributed by atoms with E-state index in [-0.39, 0.29) is 17.6 Å². The molecular formula is C21H22N4O3. The molecule has 1 amide bonds. The van der Waals surface area contributed by atoms with Crippen molar-refractivity contribution >= 4 is 22.7 Å². The summed E-state index contributed by atoms with van der Waals surface area (Å²) in [6.45, 7) is 1.15. The van der Waals surface area contributed by atoms with Gasteiger partial charge >= 0.3 is 0 Å². The number of piperidine rings is 1. The number of ether oxygens (including phenoxy) is 1. The van der Waals surface area contributed by atoms with Crippen LogP contribution in [0.15, 0.2) is 42.5 Å². The van der Waals surface area contributed by atoms with Crippen molar-refractivity contribution in [1.82, 2.24) is 19.9 Å². The lowest BCUT2D eigenvalue weighted by molar-refractivity contribution is 0.0650. The van der Waals surface area contributed by atoms with E-state index in [4.69, 9.17) is 4.74 Å². The number of likely N-dealkylation sites (tertiary alicyclic amines) is 1. The summed E-state index contributed by atoms with van der Waals surface area (Å²) in [5, 5.41) is 8.02. The maximum Gasteiger partial charge on any atom is 0.253 e. The standard InChI is InChI=1S/C21H22N4O3/c1-24-19-13-16(5-8-18(19)22-23-24)21(27)25-11-9-15(10-12-25)20(26)14-3-6-17(28-2)7-4-14/h3-8,13,15H,9-12H2,1-2H3. The quantitative estimate of drug-likeness (QED) is 0.653. The molecule has 0 N–H and O–H groups in total. The summed E-state index contributed by atoms with van der Waals surface area (Å²) in [5.74, 6) is 0.800. The molecule has 0 unspecified atom stereocenters. The average molecular weight is 378 g/mol. The second-order valence-electron chi connectivity index (χ2n) is 7.08. The Morgan fingerprint density at radius 2 is 1.71 bits per heavy atom. The monoisotopic (exact) mass is 378 g/mol. The van der Waals surface area contributed by atoms with Gasteiger partial charge in [-0.15, -0.1) is 5.10 Å². The Balaban J connectivity index is 1.41. The molecule has 2 heterocycles. The van der Waals surface area contributed by atoms with Crippen LogP contribution in [-0.2, 0) is 7.05 Å². The van der Waals surface area contributed by atoms with Crippen LogP contribution in [-0.4, -0.2) is 51.8 Å². The molecule has 1 aromatic heterocycles. The molecule has 0 saturated carbocycles. The molecule has 7 nitrogen and oxygen atoms in total. The number of hydrogen-bond acceptors (Lipinski definition) is 5. The summed E-state index contributed by atoms with van der Waals surface area (Å²) < 4.78 is 6.80. The van der Waals surface area contributed by atoms with Gasteiger partial charge in [-0.05, 0) is 55.3 Å². The van der Waals surface area contributed by atoms with Crippen molar-refractivity contribution < 1.29 is 14.3 Å². The second-order valence-corrected chi connectivity index (χ2v) is 7.08. The average Bonchev–Trinajstić information content (AvgIpc) is 3.13. The molecule has 7 heteroatoms. The minimum Gasteiger partial charge on any atom is -0.497 e. The Labute approximate surface area is 162 Å². The highest BCUT2D eigenvalue weighted by Crippen LogP contribution is 2.24. The Bertz CT molecular complexity index is 1020. The first kappa shape index (κ1) is 18.2. The maximum atomic E-state index is 12.9. The van der Waals surface area contributed by atoms with Gasteiger partial charge in [-0.1, -0.05) is 5.21 Å². The predicted octanol–water partition coefficient (Wildman–Crippen LogP) is 2.71. The molecule has 3 aromatic rings. The predicted molar refractivity (Wildman–Crippen MR) is 104 cm³/mol. The van der Waals surface area contributed by atoms with E-state index in [1.807, 2.05) is 17.0 Å². The molecule has 1 aliphatic heterocycles. The molecule has 144 valence electrons. The van der Waals surface area contributed by atoms with Gasteiger partial charge in [0.1, 0.15) is 11.3 Å². The number of methoxy groups -OCH3 is 1. The molecule has 1 fully saturated rings. The van der Waals surface area contributed by atoms with Gasteiger partial charge in [-0.2, -0.15) is 0 Å². The van der Waals surface area contributed by atoms with E-state index in [9.17, 15) is 9.59 Å². The Hall–Kier alpha value is -3.22. The molecule has 1 saturated heterocycles. The Kier molecular flexibility index (Phi) is 4.81. The molecule has 28 heavy (non-hydrogen) atoms. The van der Waals surface area contributed by atoms with Gasteiger partial charge in [-0.25, -0.2) is 4.68 Å². The van der Waals surface area contributed by atoms with Gasteiger partial charge in [0.25, 0.3) is 5.91 Å². The molecule has 0 spiro atoms. The third kappa shape index (κ3) is 3.35. The molecule has 0 atom stereocenters. The van der Waals surface area contributed by atoms with Gasteiger partial charge in [0.05, 0.1) is 12.6 Å². The van der Waals surface area contributed by atoms with Gasteiger partial charge in [-0.3, -0.25) is 9.59 Å². The number of carbonyl (C=O) groups excluding carboxylic acids is 2. The van der Waals surface area contributed by atoms with Gasteiger partial charge in [0.15, 0.2) is 5.78 Å². The van der Waals surface area contributed by atoms with Crippen molar-refractivity contribution in [2.24, 2.45) is 13.0 Å². The van der Waals surface area contributed by atoms with Crippen LogP contribution >= 0.6 is 0 Å². The number of amides is 1. The molecule has 4 rings (SSSR count). The van der Waals surface area contributed by atoms with Crippen LogP contribution in [0.2, 0.25) is 0 Å². The summed E-state index contributed by atoms with van der Waals surface area (Å²) in [7, 11) is 3.41. The van der Waals surface area contributed by atoms with Crippen molar-refractivity contribution in [3.63, 3.8) is 0 Å². The van der Waals surface area contributed by atoms with Gasteiger partial charge in [0.2, 0.25) is 0 Å². The van der Waals surface area contributed by atoms with Crippen molar-refractivity contribution in [1.29, 1.82) is 0 Å². The SMILES string of the molecule is COc1ccc(C(=O)C2CCN(C(=O)c3ccc4nnn(C)c4c3)CC2)cc1. The fourth-order valence-electron chi connectivity index (χ4n) is 3.68. The lowest BCUT2D eigenvalue weighted by Crippen LogP contribution is -2.40. The van der Waals surface area contributed by atoms with Crippen LogP contribution in [0.4, 0.5) is 0 Å². The topological polar surface area (TPSA) is 77.3 Å². The van der Waals surface area contributed by atoms with Gasteiger partial charge in [0, 0.05) is 37.2 Å². The van der Waals surface area contributed by atoms with Crippen molar-refractivity contribution in [2.45, 2.75) is 12.8 Å². The van der Waals surface area contributed by atoms with E-state index >= 15 is 0 Å². The lowest BCUT2D eigenvalue weighted by Gasteiger charge is -2.31. The number of nitrogens with zero attached hydrogens (tertiary/aromatic N) is 4. The van der Waals surface area contributed by atoms with E-state index in [0.717, 1.165) is 16.8 Å². The van der Waals surface area contributed by atoms with E-state index in [1.165, 1.54) is 0 Å². The van der Waals surface area contributed by atoms with Crippen LogP contribution < -0.4 is 4.74 Å². The Morgan fingerprint density at radius 1 is 1.04 bits per heavy atom. The zero-order chi connectivity index (χ0) is 19.7. The van der Waals surface area contributed by atoms with Crippen molar-refractivity contribution in [2.75, 3.05) is 20.2 Å². The fourth-order valence-corrected chi connectivity index (χ4v) is 3.68. The number of aryl methyl sites for hydroxylation is 1. The highest BCUT2D eigenvalue weighted by atomic mass is 16.5. The van der Waals surface area contributed by atoms with Gasteiger partial charge < -0.3 is 9.64 Å². The van der Waals surface area contributed by atoms with E-state index in [2.05, 4.69) is 10.3 Å². The van der Waals surface area contributed by atoms with Crippen LogP contribution in [0.1, 0.15) is 33.6 Å². The summed E-state index contributed by atoms with van der Waals surface area (Å²) in [5.41, 5.74) is 2.91. The summed E-state index contributed by atoms with van der Waals surface area (Å²) in [6, 6.07) is 12.6. The van der Waals surface area contributed by atoms with Crippen LogP contribution in [0.5, 0.6) is 5.75 Å². The number of carbonyl (C=O) groups is 2. The van der Waals surface area contributed by atoms with Crippen molar-refractivity contribution in [3.05, 3.63) is 53.6 Å². The molecule has 0 aliphatic carbocycles. The summed E-state index contributed by atoms with van der Waals surface area (Å²) in [6.07, 6.45) is 1.35. The first-order valence-electron chi connectivity index (χ1n) is 9.34. The third-order valence-corrected chi connectivity index (χ3v) is 5.39. The van der Waals surface area contributed by atoms with E-state index in [0.29, 0.717) is 37.1 Å². The highest BCUT2D eigenvalue weighted by molar-refractivity contribution is 5.99. The number of hydrogen-bond donors (Lipinski definition) is 0. The number of rotatable bonds is 4. The fraction of sp³-hybridized carbons (Fsp3) is 0.333. The van der Waals surface area contributed by atoms with Crippen molar-refractivity contribution in [3.8, 4) is 5.75 Å². The van der Waals surface area contributed by atoms with E-state index in [1.54, 1.807) is 49.2 Å². The second kappa shape index (κ2) is 7.42. The lowest BCUT2D eigenvalue weighted by atomic mass is 9.88. The molecule has 0 bridgehead atoms. The summed E-state index contributed by atoms with van der Waals surface area (Å²) >= 11 is 0. The van der Waals surface area contributed by atoms with Crippen LogP contribution in [0, 0.1) is 5.92 Å². The Morgan fingerprint density at radius 3 is 2.39 bits per heavy atom.